The lowest BCUT2D eigenvalue weighted by Crippen LogP contribution is -2.22. The standard InChI is InChI=1S/C18H16N2O3S/c1-12(18(21)20-14-4-2-3-13(9-14)11-19)24-15-5-6-16-17(10-15)23-8-7-22-16/h2-6,9-10,12H,7-8H2,1H3,(H,20,21)/t12-/m0/s1. The van der Waals surface area contributed by atoms with Gasteiger partial charge in [-0.1, -0.05) is 6.07 Å². The van der Waals surface area contributed by atoms with Crippen molar-refractivity contribution in [2.45, 2.75) is 17.1 Å². The zero-order chi connectivity index (χ0) is 16.9. The number of amides is 1. The number of nitrogens with zero attached hydrogens (tertiary/aromatic N) is 1. The third kappa shape index (κ3) is 3.81. The molecule has 1 atom stereocenters. The van der Waals surface area contributed by atoms with Crippen LogP contribution in [0.4, 0.5) is 5.69 Å². The molecule has 0 radical (unpaired) electrons. The predicted molar refractivity (Wildman–Crippen MR) is 92.5 cm³/mol. The van der Waals surface area contributed by atoms with Crippen LogP contribution >= 0.6 is 11.8 Å². The largest absolute Gasteiger partial charge is 0.486 e. The lowest BCUT2D eigenvalue weighted by atomic mass is 10.2. The molecule has 2 aromatic carbocycles. The third-order valence-electron chi connectivity index (χ3n) is 3.45. The molecule has 6 heteroatoms. The number of rotatable bonds is 4. The Morgan fingerprint density at radius 2 is 2.00 bits per heavy atom. The van der Waals surface area contributed by atoms with Crippen LogP contribution in [0.1, 0.15) is 12.5 Å². The van der Waals surface area contributed by atoms with Crippen molar-refractivity contribution in [1.29, 1.82) is 5.26 Å². The highest BCUT2D eigenvalue weighted by atomic mass is 32.2. The Hall–Kier alpha value is -2.65. The minimum Gasteiger partial charge on any atom is -0.486 e. The molecule has 0 aromatic heterocycles. The van der Waals surface area contributed by atoms with Gasteiger partial charge in [0.05, 0.1) is 16.9 Å². The number of carbonyl (C=O) groups is 1. The molecule has 5 nitrogen and oxygen atoms in total. The molecule has 0 aliphatic carbocycles. The predicted octanol–water partition coefficient (Wildman–Crippen LogP) is 3.45. The molecule has 0 spiro atoms. The van der Waals surface area contributed by atoms with Gasteiger partial charge in [0.25, 0.3) is 0 Å². The van der Waals surface area contributed by atoms with Crippen LogP contribution in [0, 0.1) is 11.3 Å². The van der Waals surface area contributed by atoms with Crippen molar-refractivity contribution in [2.75, 3.05) is 18.5 Å². The zero-order valence-corrected chi connectivity index (χ0v) is 13.9. The van der Waals surface area contributed by atoms with Gasteiger partial charge in [-0.3, -0.25) is 4.79 Å². The second-order valence-electron chi connectivity index (χ2n) is 5.25. The van der Waals surface area contributed by atoms with Crippen LogP contribution in [0.15, 0.2) is 47.4 Å². The number of fused-ring (bicyclic) bond motifs is 1. The van der Waals surface area contributed by atoms with Gasteiger partial charge < -0.3 is 14.8 Å². The van der Waals surface area contributed by atoms with Crippen LogP contribution in [0.25, 0.3) is 0 Å². The maximum Gasteiger partial charge on any atom is 0.237 e. The van der Waals surface area contributed by atoms with E-state index >= 15 is 0 Å². The van der Waals surface area contributed by atoms with Gasteiger partial charge in [0.15, 0.2) is 11.5 Å². The Kier molecular flexibility index (Phi) is 4.92. The lowest BCUT2D eigenvalue weighted by Gasteiger charge is -2.19. The van der Waals surface area contributed by atoms with E-state index in [1.54, 1.807) is 24.3 Å². The number of hydrogen-bond acceptors (Lipinski definition) is 5. The average molecular weight is 340 g/mol. The number of thioether (sulfide) groups is 1. The molecule has 0 fully saturated rings. The minimum absolute atomic E-state index is 0.120. The molecule has 1 aliphatic heterocycles. The van der Waals surface area contributed by atoms with E-state index in [4.69, 9.17) is 14.7 Å². The summed E-state index contributed by atoms with van der Waals surface area (Å²) in [6.07, 6.45) is 0. The Morgan fingerprint density at radius 1 is 1.21 bits per heavy atom. The second kappa shape index (κ2) is 7.28. The molecule has 0 saturated heterocycles. The van der Waals surface area contributed by atoms with Crippen molar-refractivity contribution < 1.29 is 14.3 Å². The van der Waals surface area contributed by atoms with Gasteiger partial charge in [-0.05, 0) is 43.3 Å². The van der Waals surface area contributed by atoms with E-state index in [0.717, 1.165) is 10.6 Å². The van der Waals surface area contributed by atoms with E-state index in [1.165, 1.54) is 11.8 Å². The third-order valence-corrected chi connectivity index (χ3v) is 4.55. The lowest BCUT2D eigenvalue weighted by molar-refractivity contribution is -0.115. The summed E-state index contributed by atoms with van der Waals surface area (Å²) in [5.41, 5.74) is 1.13. The molecular formula is C18H16N2O3S. The Morgan fingerprint density at radius 3 is 2.79 bits per heavy atom. The molecule has 2 aromatic rings. The first-order valence-corrected chi connectivity index (χ1v) is 8.41. The Bertz CT molecular complexity index is 801. The van der Waals surface area contributed by atoms with E-state index < -0.39 is 0 Å². The maximum atomic E-state index is 12.3. The SMILES string of the molecule is C[C@H](Sc1ccc2c(c1)OCCO2)C(=O)Nc1cccc(C#N)c1. The van der Waals surface area contributed by atoms with E-state index in [0.29, 0.717) is 30.2 Å². The van der Waals surface area contributed by atoms with Gasteiger partial charge in [-0.2, -0.15) is 5.26 Å². The van der Waals surface area contributed by atoms with Crippen molar-refractivity contribution in [3.8, 4) is 17.6 Å². The van der Waals surface area contributed by atoms with Crippen LogP contribution in [-0.2, 0) is 4.79 Å². The van der Waals surface area contributed by atoms with Gasteiger partial charge in [0.1, 0.15) is 13.2 Å². The normalized spacial score (nSPS) is 13.7. The molecule has 1 amide bonds. The quantitative estimate of drug-likeness (QED) is 0.863. The van der Waals surface area contributed by atoms with Crippen molar-refractivity contribution in [2.24, 2.45) is 0 Å². The topological polar surface area (TPSA) is 71.3 Å². The molecule has 24 heavy (non-hydrogen) atoms. The fourth-order valence-corrected chi connectivity index (χ4v) is 3.16. The molecular weight excluding hydrogens is 324 g/mol. The fourth-order valence-electron chi connectivity index (χ4n) is 2.27. The Labute approximate surface area is 144 Å². The number of benzene rings is 2. The average Bonchev–Trinajstić information content (AvgIpc) is 2.61. The molecule has 0 bridgehead atoms. The highest BCUT2D eigenvalue weighted by molar-refractivity contribution is 8.00. The van der Waals surface area contributed by atoms with Gasteiger partial charge in [-0.15, -0.1) is 11.8 Å². The van der Waals surface area contributed by atoms with Crippen LogP contribution in [0.3, 0.4) is 0 Å². The molecule has 3 rings (SSSR count). The number of anilines is 1. The van der Waals surface area contributed by atoms with Gasteiger partial charge in [-0.25, -0.2) is 0 Å². The molecule has 1 aliphatic rings. The summed E-state index contributed by atoms with van der Waals surface area (Å²) in [5, 5.41) is 11.4. The Balaban J connectivity index is 1.64. The van der Waals surface area contributed by atoms with Gasteiger partial charge in [0, 0.05) is 10.6 Å². The van der Waals surface area contributed by atoms with Gasteiger partial charge >= 0.3 is 0 Å². The summed E-state index contributed by atoms with van der Waals surface area (Å²) in [7, 11) is 0. The first-order valence-electron chi connectivity index (χ1n) is 7.53. The number of carbonyl (C=O) groups excluding carboxylic acids is 1. The molecule has 0 saturated carbocycles. The van der Waals surface area contributed by atoms with Crippen LogP contribution in [-0.4, -0.2) is 24.4 Å². The highest BCUT2D eigenvalue weighted by Crippen LogP contribution is 2.35. The number of nitrogens with one attached hydrogen (secondary N) is 1. The summed E-state index contributed by atoms with van der Waals surface area (Å²) < 4.78 is 11.0. The molecule has 1 heterocycles. The summed E-state index contributed by atoms with van der Waals surface area (Å²) in [4.78, 5) is 13.3. The zero-order valence-electron chi connectivity index (χ0n) is 13.1. The monoisotopic (exact) mass is 340 g/mol. The summed E-state index contributed by atoms with van der Waals surface area (Å²) >= 11 is 1.44. The van der Waals surface area contributed by atoms with Crippen molar-refractivity contribution in [3.05, 3.63) is 48.0 Å². The maximum absolute atomic E-state index is 12.3. The fraction of sp³-hybridized carbons (Fsp3) is 0.222. The highest BCUT2D eigenvalue weighted by Gasteiger charge is 2.17. The van der Waals surface area contributed by atoms with E-state index in [1.807, 2.05) is 25.1 Å². The van der Waals surface area contributed by atoms with E-state index in [9.17, 15) is 4.79 Å². The van der Waals surface area contributed by atoms with Crippen LogP contribution in [0.2, 0.25) is 0 Å². The van der Waals surface area contributed by atoms with Crippen molar-refractivity contribution in [3.63, 3.8) is 0 Å². The van der Waals surface area contributed by atoms with Crippen molar-refractivity contribution >= 4 is 23.4 Å². The summed E-state index contributed by atoms with van der Waals surface area (Å²) in [5.74, 6) is 1.32. The number of nitriles is 1. The second-order valence-corrected chi connectivity index (χ2v) is 6.66. The minimum atomic E-state index is -0.293. The summed E-state index contributed by atoms with van der Waals surface area (Å²) in [6, 6.07) is 14.6. The first kappa shape index (κ1) is 16.2. The number of hydrogen-bond donors (Lipinski definition) is 1. The summed E-state index contributed by atoms with van der Waals surface area (Å²) in [6.45, 7) is 2.93. The van der Waals surface area contributed by atoms with Gasteiger partial charge in [0.2, 0.25) is 5.91 Å². The van der Waals surface area contributed by atoms with E-state index in [-0.39, 0.29) is 11.2 Å². The van der Waals surface area contributed by atoms with E-state index in [2.05, 4.69) is 11.4 Å². The molecule has 0 unspecified atom stereocenters. The first-order chi connectivity index (χ1) is 11.7. The molecule has 1 N–H and O–H groups in total. The number of ether oxygens (including phenoxy) is 2. The molecule has 122 valence electrons. The van der Waals surface area contributed by atoms with Crippen molar-refractivity contribution in [1.82, 2.24) is 0 Å². The van der Waals surface area contributed by atoms with Crippen LogP contribution < -0.4 is 14.8 Å². The van der Waals surface area contributed by atoms with Crippen LogP contribution in [0.5, 0.6) is 11.5 Å². The smallest absolute Gasteiger partial charge is 0.237 e.